The molecule has 1 saturated carbocycles. The van der Waals surface area contributed by atoms with Crippen LogP contribution in [0.25, 0.3) is 0 Å². The average Bonchev–Trinajstić information content (AvgIpc) is 3.95. The van der Waals surface area contributed by atoms with Crippen molar-refractivity contribution in [2.75, 3.05) is 66.9 Å². The Hall–Kier alpha value is -6.77. The van der Waals surface area contributed by atoms with E-state index in [1.165, 1.54) is 25.3 Å². The lowest BCUT2D eigenvalue weighted by atomic mass is 9.86. The van der Waals surface area contributed by atoms with Crippen LogP contribution >= 0.6 is 0 Å². The van der Waals surface area contributed by atoms with E-state index in [1.54, 1.807) is 41.3 Å². The molecular weight excluding hydrogens is 887 g/mol. The number of likely N-dealkylation sites (tertiary alicyclic amines) is 1. The quantitative estimate of drug-likeness (QED) is 0.202. The molecule has 19 nitrogen and oxygen atoms in total. The van der Waals surface area contributed by atoms with Gasteiger partial charge in [-0.1, -0.05) is 18.9 Å². The fraction of sp³-hybridized carbons (Fsp3) is 0.511. The van der Waals surface area contributed by atoms with Crippen molar-refractivity contribution < 1.29 is 52.2 Å². The number of hydrogen-bond acceptors (Lipinski definition) is 14. The number of benzene rings is 2. The van der Waals surface area contributed by atoms with E-state index >= 15 is 8.78 Å². The van der Waals surface area contributed by atoms with Crippen LogP contribution in [0.2, 0.25) is 0 Å². The number of halogens is 2. The second-order valence-corrected chi connectivity index (χ2v) is 18.6. The zero-order chi connectivity index (χ0) is 48.1. The summed E-state index contributed by atoms with van der Waals surface area (Å²) in [5, 5.41) is 19.9. The van der Waals surface area contributed by atoms with Gasteiger partial charge in [-0.05, 0) is 81.7 Å². The summed E-state index contributed by atoms with van der Waals surface area (Å²) in [5.74, 6) is -7.03. The molecule has 21 heteroatoms. The lowest BCUT2D eigenvalue weighted by Gasteiger charge is -2.40. The maximum atomic E-state index is 15.1. The zero-order valence-electron chi connectivity index (χ0n) is 37.9. The molecule has 1 aliphatic carbocycles. The van der Waals surface area contributed by atoms with Crippen molar-refractivity contribution in [3.8, 4) is 5.75 Å². The smallest absolute Gasteiger partial charge is 0.342 e. The highest BCUT2D eigenvalue weighted by Gasteiger charge is 2.50. The fourth-order valence-corrected chi connectivity index (χ4v) is 10.4. The monoisotopic (exact) mass is 940 g/mol. The predicted molar refractivity (Wildman–Crippen MR) is 242 cm³/mol. The summed E-state index contributed by atoms with van der Waals surface area (Å²) in [7, 11) is 2.74. The molecular formula is C47H54F2N10O9. The van der Waals surface area contributed by atoms with E-state index in [0.717, 1.165) is 22.6 Å². The molecule has 1 aromatic heterocycles. The number of ether oxygens (including phenoxy) is 1. The van der Waals surface area contributed by atoms with Crippen molar-refractivity contribution in [3.05, 3.63) is 59.3 Å². The lowest BCUT2D eigenvalue weighted by molar-refractivity contribution is -0.140. The van der Waals surface area contributed by atoms with Gasteiger partial charge < -0.3 is 40.1 Å². The summed E-state index contributed by atoms with van der Waals surface area (Å²) >= 11 is 0. The molecule has 1 atom stereocenters. The van der Waals surface area contributed by atoms with Crippen LogP contribution < -0.4 is 35.4 Å². The summed E-state index contributed by atoms with van der Waals surface area (Å²) in [6.07, 6.45) is 6.69. The van der Waals surface area contributed by atoms with Gasteiger partial charge in [0.2, 0.25) is 23.7 Å². The van der Waals surface area contributed by atoms with Crippen molar-refractivity contribution in [3.63, 3.8) is 0 Å². The van der Waals surface area contributed by atoms with Gasteiger partial charge in [0.25, 0.3) is 23.6 Å². The Bertz CT molecular complexity index is 2560. The van der Waals surface area contributed by atoms with Gasteiger partial charge in [0.15, 0.2) is 5.82 Å². The molecule has 6 aliphatic rings. The van der Waals surface area contributed by atoms with Gasteiger partial charge in [0.05, 0.1) is 48.0 Å². The molecule has 68 heavy (non-hydrogen) atoms. The Morgan fingerprint density at radius 1 is 0.941 bits per heavy atom. The number of fused-ring (bicyclic) bond motifs is 2. The summed E-state index contributed by atoms with van der Waals surface area (Å²) in [4.78, 5) is 107. The summed E-state index contributed by atoms with van der Waals surface area (Å²) in [6.45, 7) is 0.793. The first-order valence-corrected chi connectivity index (χ1v) is 23.2. The van der Waals surface area contributed by atoms with Crippen LogP contribution in [-0.4, -0.2) is 143 Å². The number of aromatic nitrogens is 2. The third-order valence-corrected chi connectivity index (χ3v) is 14.3. The average molecular weight is 941 g/mol. The molecule has 360 valence electrons. The van der Waals surface area contributed by atoms with E-state index in [9.17, 15) is 38.7 Å². The molecule has 0 bridgehead atoms. The molecule has 0 spiro atoms. The minimum atomic E-state index is -3.61. The number of amides is 7. The van der Waals surface area contributed by atoms with Crippen LogP contribution in [0.15, 0.2) is 42.6 Å². The minimum Gasteiger partial charge on any atom is -0.495 e. The van der Waals surface area contributed by atoms with Crippen LogP contribution in [0.5, 0.6) is 5.75 Å². The number of imide groups is 2. The Morgan fingerprint density at radius 3 is 2.38 bits per heavy atom. The molecule has 1 unspecified atom stereocenters. The van der Waals surface area contributed by atoms with E-state index in [-0.39, 0.29) is 78.2 Å². The number of anilines is 5. The SMILES string of the molecule is COc1cc(C(=O)NC2CCN(C(=O)CCC3(O)CCN(c4cccc5c4C(=O)N(C4CCC(=O)NC4=O)C5=O)CC3)CC2)ccc1Nc1ncc2c(n1)N(C1CCCC1)CC(F)(F)C(=O)N2C. The van der Waals surface area contributed by atoms with Gasteiger partial charge in [-0.2, -0.15) is 13.8 Å². The van der Waals surface area contributed by atoms with E-state index in [0.29, 0.717) is 87.4 Å². The Balaban J connectivity index is 0.756. The first-order valence-electron chi connectivity index (χ1n) is 23.2. The third kappa shape index (κ3) is 8.90. The molecule has 2 aromatic carbocycles. The second-order valence-electron chi connectivity index (χ2n) is 18.6. The van der Waals surface area contributed by atoms with Gasteiger partial charge in [0, 0.05) is 63.7 Å². The van der Waals surface area contributed by atoms with E-state index in [1.807, 2.05) is 4.90 Å². The molecule has 4 N–H and O–H groups in total. The number of nitrogens with one attached hydrogen (secondary N) is 3. The van der Waals surface area contributed by atoms with E-state index < -0.39 is 53.6 Å². The van der Waals surface area contributed by atoms with Crippen molar-refractivity contribution in [2.45, 2.75) is 107 Å². The molecule has 9 rings (SSSR count). The van der Waals surface area contributed by atoms with Crippen molar-refractivity contribution in [2.24, 2.45) is 0 Å². The van der Waals surface area contributed by atoms with Gasteiger partial charge in [-0.25, -0.2) is 4.98 Å². The molecule has 5 aliphatic heterocycles. The normalized spacial score (nSPS) is 21.9. The molecule has 7 amide bonds. The zero-order valence-corrected chi connectivity index (χ0v) is 37.9. The second kappa shape index (κ2) is 18.4. The number of carbonyl (C=O) groups excluding carboxylic acids is 7. The third-order valence-electron chi connectivity index (χ3n) is 14.3. The van der Waals surface area contributed by atoms with E-state index in [2.05, 4.69) is 25.9 Å². The van der Waals surface area contributed by atoms with Crippen molar-refractivity contribution >= 4 is 70.2 Å². The highest BCUT2D eigenvalue weighted by Crippen LogP contribution is 2.41. The largest absolute Gasteiger partial charge is 0.495 e. The number of alkyl halides is 2. The van der Waals surface area contributed by atoms with Crippen molar-refractivity contribution in [1.82, 2.24) is 30.4 Å². The topological polar surface area (TPSA) is 227 Å². The standard InChI is InChI=1S/C47H54F2N10O9/c1-55-34-25-50-45(54-39(34)58(29-6-3-4-7-29)26-47(48,49)44(55)66)52-31-11-10-27(24-35(31)68-2)40(62)51-28-15-20-57(21-16-28)37(61)14-17-46(67)18-22-56(23-19-46)32-9-5-8-30-38(32)43(65)59(42(30)64)33-12-13-36(60)53-41(33)63/h5,8-11,24-25,28-29,33,67H,3-4,6-7,12-23,26H2,1-2H3,(H,51,62)(H,50,52,54)(H,53,60,63). The molecule has 4 fully saturated rings. The number of aliphatic hydroxyl groups is 1. The summed E-state index contributed by atoms with van der Waals surface area (Å²) in [5.41, 5.74) is 0.730. The maximum absolute atomic E-state index is 15.1. The Labute approximate surface area is 390 Å². The fourth-order valence-electron chi connectivity index (χ4n) is 10.4. The molecule has 3 aromatic rings. The first kappa shape index (κ1) is 46.3. The molecule has 3 saturated heterocycles. The predicted octanol–water partition coefficient (Wildman–Crippen LogP) is 3.52. The van der Waals surface area contributed by atoms with Gasteiger partial charge in [-0.15, -0.1) is 0 Å². The van der Waals surface area contributed by atoms with Gasteiger partial charge >= 0.3 is 5.92 Å². The highest BCUT2D eigenvalue weighted by molar-refractivity contribution is 6.25. The molecule has 0 radical (unpaired) electrons. The van der Waals surface area contributed by atoms with Crippen LogP contribution in [-0.2, 0) is 19.2 Å². The number of nitrogens with zero attached hydrogens (tertiary/aromatic N) is 7. The van der Waals surface area contributed by atoms with Crippen LogP contribution in [0.3, 0.4) is 0 Å². The minimum absolute atomic E-state index is 0.0212. The van der Waals surface area contributed by atoms with Crippen LogP contribution in [0.1, 0.15) is 108 Å². The summed E-state index contributed by atoms with van der Waals surface area (Å²) in [6, 6.07) is 8.30. The number of rotatable bonds is 11. The Morgan fingerprint density at radius 2 is 1.68 bits per heavy atom. The maximum Gasteiger partial charge on any atom is 0.342 e. The number of hydrogen-bond donors (Lipinski definition) is 4. The van der Waals surface area contributed by atoms with Crippen molar-refractivity contribution in [1.29, 1.82) is 0 Å². The number of methoxy groups -OCH3 is 1. The van der Waals surface area contributed by atoms with Gasteiger partial charge in [-0.3, -0.25) is 43.8 Å². The highest BCUT2D eigenvalue weighted by atomic mass is 19.3. The van der Waals surface area contributed by atoms with Gasteiger partial charge in [0.1, 0.15) is 17.5 Å². The van der Waals surface area contributed by atoms with Crippen LogP contribution in [0.4, 0.5) is 37.6 Å². The first-order chi connectivity index (χ1) is 32.5. The number of piperidine rings is 3. The molecule has 6 heterocycles. The Kier molecular flexibility index (Phi) is 12.5. The van der Waals surface area contributed by atoms with E-state index in [4.69, 9.17) is 4.74 Å². The summed E-state index contributed by atoms with van der Waals surface area (Å²) < 4.78 is 35.7. The lowest BCUT2D eigenvalue weighted by Crippen LogP contribution is -2.54. The number of carbonyl (C=O) groups is 7. The van der Waals surface area contributed by atoms with Crippen LogP contribution in [0, 0.1) is 0 Å².